The van der Waals surface area contributed by atoms with E-state index in [0.717, 1.165) is 32.1 Å². The van der Waals surface area contributed by atoms with E-state index in [9.17, 15) is 13.6 Å². The number of halogens is 3. The third kappa shape index (κ3) is 3.46. The van der Waals surface area contributed by atoms with Crippen molar-refractivity contribution in [1.82, 2.24) is 0 Å². The van der Waals surface area contributed by atoms with Crippen molar-refractivity contribution in [1.29, 1.82) is 0 Å². The number of Topliss-reactive ketones (excluding diaryl/α,β-unsaturated/α-hetero) is 1. The number of rotatable bonds is 4. The lowest BCUT2D eigenvalue weighted by molar-refractivity contribution is -0.123. The molecule has 0 amide bonds. The third-order valence-corrected chi connectivity index (χ3v) is 4.98. The van der Waals surface area contributed by atoms with E-state index < -0.39 is 11.6 Å². The van der Waals surface area contributed by atoms with Crippen molar-refractivity contribution in [2.45, 2.75) is 45.4 Å². The van der Waals surface area contributed by atoms with Crippen LogP contribution >= 0.6 is 15.9 Å². The van der Waals surface area contributed by atoms with Gasteiger partial charge in [-0.3, -0.25) is 4.79 Å². The number of hydrogen-bond donors (Lipinski definition) is 0. The highest BCUT2D eigenvalue weighted by molar-refractivity contribution is 9.10. The molecule has 1 fully saturated rings. The summed E-state index contributed by atoms with van der Waals surface area (Å²) in [6.45, 7) is 2.17. The number of hydrogen-bond acceptors (Lipinski definition) is 1. The first kappa shape index (κ1) is 15.6. The van der Waals surface area contributed by atoms with Crippen LogP contribution in [0.1, 0.15) is 44.6 Å². The van der Waals surface area contributed by atoms with Gasteiger partial charge in [0, 0.05) is 17.9 Å². The van der Waals surface area contributed by atoms with Crippen LogP contribution in [-0.4, -0.2) is 5.78 Å². The molecular formula is C16H19BrF2O. The van der Waals surface area contributed by atoms with E-state index >= 15 is 0 Å². The minimum atomic E-state index is -0.652. The Kier molecular flexibility index (Phi) is 5.30. The summed E-state index contributed by atoms with van der Waals surface area (Å²) in [6.07, 6.45) is 4.82. The van der Waals surface area contributed by atoms with Crippen LogP contribution < -0.4 is 0 Å². The van der Waals surface area contributed by atoms with Gasteiger partial charge in [0.1, 0.15) is 17.4 Å². The van der Waals surface area contributed by atoms with Crippen LogP contribution in [0.3, 0.4) is 0 Å². The molecule has 2 rings (SSSR count). The topological polar surface area (TPSA) is 17.1 Å². The van der Waals surface area contributed by atoms with Gasteiger partial charge in [-0.05, 0) is 59.7 Å². The van der Waals surface area contributed by atoms with Crippen molar-refractivity contribution in [3.05, 3.63) is 33.8 Å². The summed E-state index contributed by atoms with van der Waals surface area (Å²) < 4.78 is 27.7. The van der Waals surface area contributed by atoms with Crippen LogP contribution in [0.25, 0.3) is 0 Å². The first-order chi connectivity index (χ1) is 9.52. The Hall–Kier alpha value is -0.770. The van der Waals surface area contributed by atoms with Crippen molar-refractivity contribution in [2.24, 2.45) is 11.8 Å². The van der Waals surface area contributed by atoms with E-state index in [1.54, 1.807) is 0 Å². The highest BCUT2D eigenvalue weighted by Gasteiger charge is 2.27. The maximum absolute atomic E-state index is 13.9. The quantitative estimate of drug-likeness (QED) is 0.698. The monoisotopic (exact) mass is 344 g/mol. The highest BCUT2D eigenvalue weighted by atomic mass is 79.9. The summed E-state index contributed by atoms with van der Waals surface area (Å²) in [5.74, 6) is -0.647. The largest absolute Gasteiger partial charge is 0.299 e. The molecule has 0 spiro atoms. The molecular weight excluding hydrogens is 326 g/mol. The predicted molar refractivity (Wildman–Crippen MR) is 78.5 cm³/mol. The second-order valence-electron chi connectivity index (χ2n) is 5.59. The summed E-state index contributed by atoms with van der Waals surface area (Å²) >= 11 is 3.03. The third-order valence-electron chi connectivity index (χ3n) is 4.37. The van der Waals surface area contributed by atoms with Crippen LogP contribution in [0, 0.1) is 23.5 Å². The number of ketones is 1. The molecule has 1 aliphatic rings. The van der Waals surface area contributed by atoms with E-state index in [-0.39, 0.29) is 28.2 Å². The molecule has 0 bridgehead atoms. The van der Waals surface area contributed by atoms with Gasteiger partial charge in [0.25, 0.3) is 0 Å². The van der Waals surface area contributed by atoms with Gasteiger partial charge in [0.05, 0.1) is 4.47 Å². The van der Waals surface area contributed by atoms with E-state index in [1.807, 2.05) is 0 Å². The average Bonchev–Trinajstić information content (AvgIpc) is 2.47. The van der Waals surface area contributed by atoms with Crippen molar-refractivity contribution in [2.75, 3.05) is 0 Å². The minimum Gasteiger partial charge on any atom is -0.299 e. The molecule has 0 radical (unpaired) electrons. The van der Waals surface area contributed by atoms with Crippen LogP contribution in [0.5, 0.6) is 0 Å². The molecule has 1 aromatic rings. The number of carbonyl (C=O) groups is 1. The van der Waals surface area contributed by atoms with Crippen LogP contribution in [0.2, 0.25) is 0 Å². The number of benzene rings is 1. The maximum atomic E-state index is 13.9. The van der Waals surface area contributed by atoms with Gasteiger partial charge < -0.3 is 0 Å². The lowest BCUT2D eigenvalue weighted by atomic mass is 9.78. The fraction of sp³-hybridized carbons (Fsp3) is 0.562. The first-order valence-electron chi connectivity index (χ1n) is 7.18. The molecule has 0 unspecified atom stereocenters. The molecule has 1 nitrogen and oxygen atoms in total. The van der Waals surface area contributed by atoms with Crippen molar-refractivity contribution < 1.29 is 13.6 Å². The van der Waals surface area contributed by atoms with Gasteiger partial charge in [-0.25, -0.2) is 8.78 Å². The molecule has 0 aliphatic heterocycles. The van der Waals surface area contributed by atoms with Gasteiger partial charge in [-0.2, -0.15) is 0 Å². The Morgan fingerprint density at radius 1 is 1.25 bits per heavy atom. The summed E-state index contributed by atoms with van der Waals surface area (Å²) in [5, 5.41) is 0. The highest BCUT2D eigenvalue weighted by Crippen LogP contribution is 2.32. The zero-order valence-electron chi connectivity index (χ0n) is 11.6. The normalized spacial score (nSPS) is 22.8. The summed E-state index contributed by atoms with van der Waals surface area (Å²) in [7, 11) is 0. The van der Waals surface area contributed by atoms with E-state index in [1.165, 1.54) is 12.1 Å². The molecule has 110 valence electrons. The van der Waals surface area contributed by atoms with Crippen LogP contribution in [0.4, 0.5) is 8.78 Å². The van der Waals surface area contributed by atoms with E-state index in [4.69, 9.17) is 0 Å². The molecule has 0 heterocycles. The van der Waals surface area contributed by atoms with Gasteiger partial charge in [0.2, 0.25) is 0 Å². The van der Waals surface area contributed by atoms with E-state index in [2.05, 4.69) is 22.9 Å². The molecule has 1 aliphatic carbocycles. The fourth-order valence-electron chi connectivity index (χ4n) is 2.94. The predicted octanol–water partition coefficient (Wildman–Crippen LogP) is 5.06. The van der Waals surface area contributed by atoms with Crippen molar-refractivity contribution >= 4 is 21.7 Å². The molecule has 0 aromatic heterocycles. The Morgan fingerprint density at radius 3 is 2.50 bits per heavy atom. The molecule has 1 aromatic carbocycles. The lowest BCUT2D eigenvalue weighted by Gasteiger charge is -2.26. The number of carbonyl (C=O) groups excluding carboxylic acids is 1. The second kappa shape index (κ2) is 6.79. The SMILES string of the molecule is CCC1CCC(C(=O)Cc2c(F)ccc(Br)c2F)CC1. The average molecular weight is 345 g/mol. The Morgan fingerprint density at radius 2 is 1.90 bits per heavy atom. The van der Waals surface area contributed by atoms with Gasteiger partial charge in [-0.1, -0.05) is 13.3 Å². The summed E-state index contributed by atoms with van der Waals surface area (Å²) in [6, 6.07) is 2.52. The second-order valence-corrected chi connectivity index (χ2v) is 6.45. The zero-order valence-corrected chi connectivity index (χ0v) is 13.2. The van der Waals surface area contributed by atoms with Gasteiger partial charge in [-0.15, -0.1) is 0 Å². The standard InChI is InChI=1S/C16H19BrF2O/c1-2-10-3-5-11(6-4-10)15(20)9-12-14(18)8-7-13(17)16(12)19/h7-8,10-11H,2-6,9H2,1H3. The molecule has 1 saturated carbocycles. The Balaban J connectivity index is 2.04. The molecule has 4 heteroatoms. The van der Waals surface area contributed by atoms with Crippen molar-refractivity contribution in [3.8, 4) is 0 Å². The summed E-state index contributed by atoms with van der Waals surface area (Å²) in [4.78, 5) is 12.2. The minimum absolute atomic E-state index is 0.0319. The van der Waals surface area contributed by atoms with Crippen LogP contribution in [-0.2, 0) is 11.2 Å². The lowest BCUT2D eigenvalue weighted by Crippen LogP contribution is -2.23. The fourth-order valence-corrected chi connectivity index (χ4v) is 3.31. The smallest absolute Gasteiger partial charge is 0.143 e. The van der Waals surface area contributed by atoms with Crippen molar-refractivity contribution in [3.63, 3.8) is 0 Å². The molecule has 0 saturated heterocycles. The molecule has 0 atom stereocenters. The maximum Gasteiger partial charge on any atom is 0.143 e. The molecule has 20 heavy (non-hydrogen) atoms. The van der Waals surface area contributed by atoms with Gasteiger partial charge in [0.15, 0.2) is 0 Å². The molecule has 0 N–H and O–H groups in total. The van der Waals surface area contributed by atoms with Gasteiger partial charge >= 0.3 is 0 Å². The Labute approximate surface area is 126 Å². The summed E-state index contributed by atoms with van der Waals surface area (Å²) in [5.41, 5.74) is -0.109. The zero-order chi connectivity index (χ0) is 14.7. The van der Waals surface area contributed by atoms with Crippen LogP contribution in [0.15, 0.2) is 16.6 Å². The van der Waals surface area contributed by atoms with E-state index in [0.29, 0.717) is 5.92 Å². The Bertz CT molecular complexity index is 493. The first-order valence-corrected chi connectivity index (χ1v) is 7.97.